The third kappa shape index (κ3) is 1.06. The molecule has 2 N–H and O–H groups in total. The van der Waals surface area contributed by atoms with Gasteiger partial charge in [-0.2, -0.15) is 0 Å². The second-order valence-electron chi connectivity index (χ2n) is 3.88. The molecule has 2 aromatic rings. The minimum atomic E-state index is -0.179. The molecule has 14 heavy (non-hydrogen) atoms. The van der Waals surface area contributed by atoms with E-state index in [2.05, 4.69) is 16.0 Å². The lowest BCUT2D eigenvalue weighted by Crippen LogP contribution is -2.17. The number of aryl methyl sites for hydroxylation is 1. The van der Waals surface area contributed by atoms with E-state index < -0.39 is 0 Å². The maximum atomic E-state index is 9.60. The highest BCUT2D eigenvalue weighted by Gasteiger charge is 2.20. The number of H-pyrrole nitrogens is 1. The Hall–Kier alpha value is -1.35. The third-order valence-electron chi connectivity index (χ3n) is 2.93. The van der Waals surface area contributed by atoms with Crippen LogP contribution >= 0.6 is 0 Å². The van der Waals surface area contributed by atoms with E-state index in [1.165, 1.54) is 16.6 Å². The van der Waals surface area contributed by atoms with Crippen molar-refractivity contribution < 1.29 is 5.11 Å². The van der Waals surface area contributed by atoms with E-state index in [1.807, 2.05) is 6.07 Å². The predicted octanol–water partition coefficient (Wildman–Crippen LogP) is 1.41. The summed E-state index contributed by atoms with van der Waals surface area (Å²) < 4.78 is 0. The summed E-state index contributed by atoms with van der Waals surface area (Å²) in [6.45, 7) is 0. The van der Waals surface area contributed by atoms with E-state index in [-0.39, 0.29) is 6.10 Å². The lowest BCUT2D eigenvalue weighted by atomic mass is 9.94. The molecular formula is C11H12N2O. The molecule has 3 heteroatoms. The van der Waals surface area contributed by atoms with Crippen molar-refractivity contribution in [3.8, 4) is 0 Å². The van der Waals surface area contributed by atoms with Gasteiger partial charge in [-0.25, -0.2) is 4.98 Å². The van der Waals surface area contributed by atoms with Crippen molar-refractivity contribution in [1.29, 1.82) is 0 Å². The van der Waals surface area contributed by atoms with Gasteiger partial charge in [0.1, 0.15) is 5.65 Å². The molecule has 2 aromatic heterocycles. The van der Waals surface area contributed by atoms with Gasteiger partial charge in [-0.3, -0.25) is 0 Å². The minimum absolute atomic E-state index is 0.179. The summed E-state index contributed by atoms with van der Waals surface area (Å²) in [6.07, 6.45) is 4.18. The predicted molar refractivity (Wildman–Crippen MR) is 54.1 cm³/mol. The zero-order chi connectivity index (χ0) is 9.54. The molecule has 1 unspecified atom stereocenters. The molecule has 0 spiro atoms. The number of nitrogens with zero attached hydrogens (tertiary/aromatic N) is 1. The summed E-state index contributed by atoms with van der Waals surface area (Å²) in [5.41, 5.74) is 3.46. The quantitative estimate of drug-likeness (QED) is 0.656. The minimum Gasteiger partial charge on any atom is -0.393 e. The fourth-order valence-corrected chi connectivity index (χ4v) is 2.22. The van der Waals surface area contributed by atoms with Crippen LogP contribution in [0, 0.1) is 0 Å². The van der Waals surface area contributed by atoms with Crippen LogP contribution in [0.4, 0.5) is 0 Å². The van der Waals surface area contributed by atoms with Crippen LogP contribution in [0.15, 0.2) is 18.3 Å². The number of fused-ring (bicyclic) bond motifs is 3. The Morgan fingerprint density at radius 2 is 2.43 bits per heavy atom. The molecule has 72 valence electrons. The third-order valence-corrected chi connectivity index (χ3v) is 2.93. The summed E-state index contributed by atoms with van der Waals surface area (Å²) in [4.78, 5) is 7.59. The van der Waals surface area contributed by atoms with Crippen LogP contribution in [0.25, 0.3) is 11.0 Å². The summed E-state index contributed by atoms with van der Waals surface area (Å²) in [5.74, 6) is 0. The number of aromatic nitrogens is 2. The van der Waals surface area contributed by atoms with Crippen LogP contribution < -0.4 is 0 Å². The van der Waals surface area contributed by atoms with E-state index >= 15 is 0 Å². The summed E-state index contributed by atoms with van der Waals surface area (Å²) in [5, 5.41) is 10.8. The molecule has 0 fully saturated rings. The van der Waals surface area contributed by atoms with Crippen LogP contribution in [-0.4, -0.2) is 21.2 Å². The Labute approximate surface area is 81.8 Å². The highest BCUT2D eigenvalue weighted by atomic mass is 16.3. The van der Waals surface area contributed by atoms with Gasteiger partial charge < -0.3 is 10.1 Å². The Morgan fingerprint density at radius 3 is 3.36 bits per heavy atom. The van der Waals surface area contributed by atoms with Gasteiger partial charge in [-0.05, 0) is 30.5 Å². The number of aliphatic hydroxyl groups is 1. The standard InChI is InChI=1S/C11H12N2O/c14-7-3-4-10-9(6-7)8-2-1-5-12-11(8)13-10/h1-2,5,7,14H,3-4,6H2,(H,12,13). The fourth-order valence-electron chi connectivity index (χ4n) is 2.22. The van der Waals surface area contributed by atoms with E-state index in [0.717, 1.165) is 24.9 Å². The van der Waals surface area contributed by atoms with Crippen LogP contribution in [-0.2, 0) is 12.8 Å². The molecule has 2 heterocycles. The average molecular weight is 188 g/mol. The number of hydrogen-bond acceptors (Lipinski definition) is 2. The molecule has 0 bridgehead atoms. The van der Waals surface area contributed by atoms with Gasteiger partial charge in [0, 0.05) is 23.7 Å². The lowest BCUT2D eigenvalue weighted by Gasteiger charge is -2.16. The molecule has 0 radical (unpaired) electrons. The van der Waals surface area contributed by atoms with Gasteiger partial charge in [-0.15, -0.1) is 0 Å². The summed E-state index contributed by atoms with van der Waals surface area (Å²) in [7, 11) is 0. The molecular weight excluding hydrogens is 176 g/mol. The summed E-state index contributed by atoms with van der Waals surface area (Å²) >= 11 is 0. The van der Waals surface area contributed by atoms with Crippen molar-refractivity contribution in [2.75, 3.05) is 0 Å². The first-order valence-corrected chi connectivity index (χ1v) is 4.97. The van der Waals surface area contributed by atoms with E-state index in [9.17, 15) is 5.11 Å². The van der Waals surface area contributed by atoms with Crippen LogP contribution in [0.1, 0.15) is 17.7 Å². The van der Waals surface area contributed by atoms with Crippen molar-refractivity contribution in [2.24, 2.45) is 0 Å². The number of nitrogens with one attached hydrogen (secondary N) is 1. The topological polar surface area (TPSA) is 48.9 Å². The number of pyridine rings is 1. The van der Waals surface area contributed by atoms with Crippen molar-refractivity contribution in [3.63, 3.8) is 0 Å². The fraction of sp³-hybridized carbons (Fsp3) is 0.364. The maximum Gasteiger partial charge on any atom is 0.137 e. The van der Waals surface area contributed by atoms with Crippen LogP contribution in [0.3, 0.4) is 0 Å². The average Bonchev–Trinajstić information content (AvgIpc) is 2.56. The molecule has 0 aliphatic heterocycles. The largest absolute Gasteiger partial charge is 0.393 e. The zero-order valence-corrected chi connectivity index (χ0v) is 7.83. The molecule has 1 aliphatic rings. The molecule has 0 saturated carbocycles. The van der Waals surface area contributed by atoms with Gasteiger partial charge in [0.2, 0.25) is 0 Å². The van der Waals surface area contributed by atoms with Gasteiger partial charge in [0.05, 0.1) is 6.10 Å². The van der Waals surface area contributed by atoms with Gasteiger partial charge in [-0.1, -0.05) is 0 Å². The lowest BCUT2D eigenvalue weighted by molar-refractivity contribution is 0.158. The zero-order valence-electron chi connectivity index (χ0n) is 7.83. The van der Waals surface area contributed by atoms with Crippen molar-refractivity contribution >= 4 is 11.0 Å². The Morgan fingerprint density at radius 1 is 1.50 bits per heavy atom. The normalized spacial score (nSPS) is 21.1. The monoisotopic (exact) mass is 188 g/mol. The summed E-state index contributed by atoms with van der Waals surface area (Å²) in [6, 6.07) is 4.01. The van der Waals surface area contributed by atoms with Gasteiger partial charge in [0.15, 0.2) is 0 Å². The first kappa shape index (κ1) is 8.00. The molecule has 1 aliphatic carbocycles. The second kappa shape index (κ2) is 2.82. The second-order valence-corrected chi connectivity index (χ2v) is 3.88. The van der Waals surface area contributed by atoms with Crippen molar-refractivity contribution in [1.82, 2.24) is 9.97 Å². The molecule has 0 saturated heterocycles. The number of hydrogen-bond donors (Lipinski definition) is 2. The smallest absolute Gasteiger partial charge is 0.137 e. The SMILES string of the molecule is OC1CCc2[nH]c3ncccc3c2C1. The first-order chi connectivity index (χ1) is 6.84. The number of aliphatic hydroxyl groups excluding tert-OH is 1. The first-order valence-electron chi connectivity index (χ1n) is 4.97. The van der Waals surface area contributed by atoms with Crippen LogP contribution in [0.2, 0.25) is 0 Å². The highest BCUT2D eigenvalue weighted by molar-refractivity contribution is 5.81. The molecule has 0 amide bonds. The highest BCUT2D eigenvalue weighted by Crippen LogP contribution is 2.27. The van der Waals surface area contributed by atoms with Gasteiger partial charge >= 0.3 is 0 Å². The van der Waals surface area contributed by atoms with Crippen LogP contribution in [0.5, 0.6) is 0 Å². The molecule has 1 atom stereocenters. The Bertz CT molecular complexity index is 475. The number of aromatic amines is 1. The van der Waals surface area contributed by atoms with Gasteiger partial charge in [0.25, 0.3) is 0 Å². The van der Waals surface area contributed by atoms with Crippen molar-refractivity contribution in [2.45, 2.75) is 25.4 Å². The number of rotatable bonds is 0. The molecule has 3 rings (SSSR count). The van der Waals surface area contributed by atoms with E-state index in [0.29, 0.717) is 0 Å². The molecule has 0 aromatic carbocycles. The molecule has 3 nitrogen and oxygen atoms in total. The maximum absolute atomic E-state index is 9.60. The Balaban J connectivity index is 2.25. The van der Waals surface area contributed by atoms with E-state index in [1.54, 1.807) is 6.20 Å². The van der Waals surface area contributed by atoms with E-state index in [4.69, 9.17) is 0 Å². The Kier molecular flexibility index (Phi) is 1.61. The van der Waals surface area contributed by atoms with Crippen molar-refractivity contribution in [3.05, 3.63) is 29.6 Å².